The number of aliphatic hydroxyl groups excluding tert-OH is 1. The topological polar surface area (TPSA) is 87.5 Å². The normalized spacial score (nSPS) is 13.8. The highest BCUT2D eigenvalue weighted by atomic mass is 32.1. The number of aromatic nitrogens is 2. The molecule has 0 amide bonds. The van der Waals surface area contributed by atoms with Crippen molar-refractivity contribution in [3.05, 3.63) is 68.7 Å². The molecule has 1 heterocycles. The van der Waals surface area contributed by atoms with Crippen molar-refractivity contribution in [3.63, 3.8) is 0 Å². The number of nitrogens with one attached hydrogen (secondary N) is 1. The van der Waals surface area contributed by atoms with Crippen molar-refractivity contribution < 1.29 is 14.9 Å². The lowest BCUT2D eigenvalue weighted by atomic mass is 9.83. The van der Waals surface area contributed by atoms with E-state index >= 15 is 0 Å². The molecule has 0 aliphatic heterocycles. The zero-order chi connectivity index (χ0) is 26.3. The van der Waals surface area contributed by atoms with Crippen LogP contribution >= 0.6 is 11.3 Å². The number of phenols is 1. The van der Waals surface area contributed by atoms with Gasteiger partial charge in [0, 0.05) is 18.2 Å². The lowest BCUT2D eigenvalue weighted by Gasteiger charge is -2.23. The molecule has 6 nitrogen and oxygen atoms in total. The zero-order valence-electron chi connectivity index (χ0n) is 22.2. The van der Waals surface area contributed by atoms with Gasteiger partial charge in [-0.3, -0.25) is 0 Å². The van der Waals surface area contributed by atoms with Gasteiger partial charge in [-0.15, -0.1) is 10.2 Å². The average Bonchev–Trinajstić information content (AvgIpc) is 3.24. The number of para-hydroxylation sites is 1. The summed E-state index contributed by atoms with van der Waals surface area (Å²) in [6.45, 7) is 13.1. The fraction of sp³-hybridized carbons (Fsp3) is 0.448. The fourth-order valence-corrected chi connectivity index (χ4v) is 4.56. The zero-order valence-corrected chi connectivity index (χ0v) is 23.0. The molecule has 3 aromatic rings. The first kappa shape index (κ1) is 27.8. The standard InChI is InChI=1S/C29H39N3O3S/c1-19-15-26(34)25(29(4,5)6)16-23(19)12-11-20(2)30-17-24(33)18-35-27-10-8-7-9-22(27)13-14-28-32-31-21(3)36-28/h7-10,13-16,20,24,30,33-34H,11-12,17-18H2,1-6H3/b14-13-. The number of ether oxygens (including phenoxy) is 1. The summed E-state index contributed by atoms with van der Waals surface area (Å²) in [5, 5.41) is 34.2. The van der Waals surface area contributed by atoms with E-state index in [1.54, 1.807) is 0 Å². The number of aliphatic hydroxyl groups is 1. The molecule has 0 aliphatic carbocycles. The SMILES string of the molecule is Cc1nnc(/C=C\c2ccccc2OCC(O)CNC(C)CCc2cc(C(C)(C)C)c(O)cc2C)s1. The van der Waals surface area contributed by atoms with Gasteiger partial charge in [-0.1, -0.05) is 56.4 Å². The molecule has 1 aromatic heterocycles. The molecule has 0 saturated heterocycles. The van der Waals surface area contributed by atoms with Crippen LogP contribution in [0.15, 0.2) is 36.4 Å². The molecule has 0 saturated carbocycles. The Bertz CT molecular complexity index is 1170. The second kappa shape index (κ2) is 12.5. The first-order valence-corrected chi connectivity index (χ1v) is 13.3. The minimum Gasteiger partial charge on any atom is -0.508 e. The molecule has 0 spiro atoms. The fourth-order valence-electron chi connectivity index (χ4n) is 3.95. The van der Waals surface area contributed by atoms with Crippen LogP contribution in [0.25, 0.3) is 12.2 Å². The highest BCUT2D eigenvalue weighted by Crippen LogP contribution is 2.33. The summed E-state index contributed by atoms with van der Waals surface area (Å²) < 4.78 is 5.93. The molecular formula is C29H39N3O3S. The van der Waals surface area contributed by atoms with Gasteiger partial charge in [0.1, 0.15) is 34.2 Å². The average molecular weight is 510 g/mol. The predicted molar refractivity (Wildman–Crippen MR) is 149 cm³/mol. The van der Waals surface area contributed by atoms with Crippen LogP contribution < -0.4 is 10.1 Å². The van der Waals surface area contributed by atoms with Crippen molar-refractivity contribution in [1.82, 2.24) is 15.5 Å². The van der Waals surface area contributed by atoms with E-state index in [-0.39, 0.29) is 18.1 Å². The smallest absolute Gasteiger partial charge is 0.140 e. The maximum atomic E-state index is 10.5. The molecule has 2 aromatic carbocycles. The van der Waals surface area contributed by atoms with Gasteiger partial charge in [-0.2, -0.15) is 0 Å². The Morgan fingerprint density at radius 2 is 1.86 bits per heavy atom. The Morgan fingerprint density at radius 1 is 1.11 bits per heavy atom. The lowest BCUT2D eigenvalue weighted by molar-refractivity contribution is 0.104. The monoisotopic (exact) mass is 509 g/mol. The van der Waals surface area contributed by atoms with Crippen LogP contribution in [-0.4, -0.2) is 45.7 Å². The maximum absolute atomic E-state index is 10.5. The summed E-state index contributed by atoms with van der Waals surface area (Å²) in [5.74, 6) is 1.09. The Balaban J connectivity index is 1.47. The Morgan fingerprint density at radius 3 is 2.56 bits per heavy atom. The van der Waals surface area contributed by atoms with Crippen LogP contribution in [0, 0.1) is 13.8 Å². The minimum absolute atomic E-state index is 0.105. The number of nitrogens with zero attached hydrogens (tertiary/aromatic N) is 2. The van der Waals surface area contributed by atoms with Crippen molar-refractivity contribution >= 4 is 23.5 Å². The maximum Gasteiger partial charge on any atom is 0.140 e. The van der Waals surface area contributed by atoms with Gasteiger partial charge in [0.2, 0.25) is 0 Å². The summed E-state index contributed by atoms with van der Waals surface area (Å²) in [5.41, 5.74) is 4.16. The Hall–Kier alpha value is -2.74. The van der Waals surface area contributed by atoms with Crippen molar-refractivity contribution in [2.45, 2.75) is 71.9 Å². The second-order valence-corrected chi connectivity index (χ2v) is 11.6. The van der Waals surface area contributed by atoms with E-state index in [1.165, 1.54) is 16.9 Å². The number of hydrogen-bond donors (Lipinski definition) is 3. The quantitative estimate of drug-likeness (QED) is 0.308. The highest BCUT2D eigenvalue weighted by Gasteiger charge is 2.20. The van der Waals surface area contributed by atoms with Crippen molar-refractivity contribution in [2.24, 2.45) is 0 Å². The summed E-state index contributed by atoms with van der Waals surface area (Å²) >= 11 is 1.54. The first-order chi connectivity index (χ1) is 17.0. The van der Waals surface area contributed by atoms with Crippen molar-refractivity contribution in [3.8, 4) is 11.5 Å². The van der Waals surface area contributed by atoms with Gasteiger partial charge in [0.05, 0.1) is 0 Å². The highest BCUT2D eigenvalue weighted by molar-refractivity contribution is 7.12. The first-order valence-electron chi connectivity index (χ1n) is 12.5. The minimum atomic E-state index is -0.627. The van der Waals surface area contributed by atoms with E-state index in [2.05, 4.69) is 49.3 Å². The third-order valence-electron chi connectivity index (χ3n) is 6.11. The molecule has 7 heteroatoms. The van der Waals surface area contributed by atoms with Gasteiger partial charge in [-0.25, -0.2) is 0 Å². The van der Waals surface area contributed by atoms with E-state index in [0.717, 1.165) is 45.3 Å². The van der Waals surface area contributed by atoms with Gasteiger partial charge in [0.15, 0.2) is 0 Å². The molecule has 3 N–H and O–H groups in total. The molecule has 36 heavy (non-hydrogen) atoms. The molecule has 3 rings (SSSR count). The van der Waals surface area contributed by atoms with E-state index < -0.39 is 6.10 Å². The molecule has 194 valence electrons. The van der Waals surface area contributed by atoms with E-state index in [4.69, 9.17) is 4.74 Å². The summed E-state index contributed by atoms with van der Waals surface area (Å²) in [6, 6.07) is 12.0. The van der Waals surface area contributed by atoms with Gasteiger partial charge in [-0.05, 0) is 80.0 Å². The summed E-state index contributed by atoms with van der Waals surface area (Å²) in [7, 11) is 0. The predicted octanol–water partition coefficient (Wildman–Crippen LogP) is 5.68. The van der Waals surface area contributed by atoms with Gasteiger partial charge >= 0.3 is 0 Å². The number of aryl methyl sites for hydroxylation is 3. The van der Waals surface area contributed by atoms with E-state index in [0.29, 0.717) is 12.3 Å². The van der Waals surface area contributed by atoms with Crippen LogP contribution in [0.3, 0.4) is 0 Å². The van der Waals surface area contributed by atoms with E-state index in [1.807, 2.05) is 56.3 Å². The third-order valence-corrected chi connectivity index (χ3v) is 6.91. The number of rotatable bonds is 11. The number of phenolic OH excluding ortho intramolecular Hbond substituents is 1. The Labute approximate surface area is 219 Å². The van der Waals surface area contributed by atoms with Gasteiger partial charge in [0.25, 0.3) is 0 Å². The number of benzene rings is 2. The lowest BCUT2D eigenvalue weighted by Crippen LogP contribution is -2.36. The molecule has 0 fully saturated rings. The second-order valence-electron chi connectivity index (χ2n) is 10.4. The molecule has 2 unspecified atom stereocenters. The summed E-state index contributed by atoms with van der Waals surface area (Å²) in [6.07, 6.45) is 5.09. The third kappa shape index (κ3) is 8.15. The molecule has 0 bridgehead atoms. The van der Waals surface area contributed by atoms with Gasteiger partial charge < -0.3 is 20.3 Å². The molecule has 0 aliphatic rings. The molecular weight excluding hydrogens is 470 g/mol. The molecule has 2 atom stereocenters. The van der Waals surface area contributed by atoms with Crippen LogP contribution in [0.4, 0.5) is 0 Å². The van der Waals surface area contributed by atoms with E-state index in [9.17, 15) is 10.2 Å². The number of hydrogen-bond acceptors (Lipinski definition) is 7. The molecule has 0 radical (unpaired) electrons. The van der Waals surface area contributed by atoms with Crippen molar-refractivity contribution in [1.29, 1.82) is 0 Å². The van der Waals surface area contributed by atoms with Crippen LogP contribution in [-0.2, 0) is 11.8 Å². The van der Waals surface area contributed by atoms with Crippen LogP contribution in [0.5, 0.6) is 11.5 Å². The van der Waals surface area contributed by atoms with Crippen molar-refractivity contribution in [2.75, 3.05) is 13.2 Å². The van der Waals surface area contributed by atoms with Crippen LogP contribution in [0.1, 0.15) is 66.4 Å². The summed E-state index contributed by atoms with van der Waals surface area (Å²) in [4.78, 5) is 0. The largest absolute Gasteiger partial charge is 0.508 e. The Kier molecular flexibility index (Phi) is 9.65. The van der Waals surface area contributed by atoms with Crippen LogP contribution in [0.2, 0.25) is 0 Å². The number of aromatic hydroxyl groups is 1.